The summed E-state index contributed by atoms with van der Waals surface area (Å²) in [5.74, 6) is 2.57. The first-order valence-electron chi connectivity index (χ1n) is 10.0. The zero-order valence-electron chi connectivity index (χ0n) is 16.9. The van der Waals surface area contributed by atoms with Gasteiger partial charge in [0.05, 0.1) is 18.9 Å². The summed E-state index contributed by atoms with van der Waals surface area (Å²) in [7, 11) is 0. The van der Waals surface area contributed by atoms with Crippen LogP contribution in [0.25, 0.3) is 0 Å². The third-order valence-electron chi connectivity index (χ3n) is 5.24. The molecule has 0 saturated carbocycles. The molecule has 4 rings (SSSR count). The molecule has 1 unspecified atom stereocenters. The molecule has 8 heteroatoms. The van der Waals surface area contributed by atoms with Gasteiger partial charge in [-0.3, -0.25) is 0 Å². The number of hydrogen-bond donors (Lipinski definition) is 1. The second-order valence-corrected chi connectivity index (χ2v) is 8.44. The van der Waals surface area contributed by atoms with Crippen molar-refractivity contribution in [1.82, 2.24) is 20.2 Å². The van der Waals surface area contributed by atoms with E-state index in [1.54, 1.807) is 0 Å². The number of nitrogens with zero attached hydrogens (tertiary/aromatic N) is 6. The summed E-state index contributed by atoms with van der Waals surface area (Å²) in [6, 6.07) is 6.41. The Morgan fingerprint density at radius 1 is 1.00 bits per heavy atom. The molecule has 0 spiro atoms. The molecule has 1 atom stereocenters. The molecule has 0 amide bonds. The number of rotatable bonds is 4. The lowest BCUT2D eigenvalue weighted by Gasteiger charge is -2.28. The van der Waals surface area contributed by atoms with E-state index in [4.69, 9.17) is 9.72 Å². The van der Waals surface area contributed by atoms with Crippen molar-refractivity contribution >= 4 is 17.6 Å². The Bertz CT molecular complexity index is 784. The second kappa shape index (κ2) is 7.87. The third-order valence-corrected chi connectivity index (χ3v) is 5.24. The molecule has 0 radical (unpaired) electrons. The SMILES string of the molecule is CC(C)(C)c1ccc(N2CCC(Nc3nccc(N4CCOCC4)n3)C2)nn1. The van der Waals surface area contributed by atoms with Crippen LogP contribution in [0, 0.1) is 0 Å². The highest BCUT2D eigenvalue weighted by Crippen LogP contribution is 2.23. The Morgan fingerprint density at radius 3 is 2.54 bits per heavy atom. The van der Waals surface area contributed by atoms with E-state index in [2.05, 4.69) is 63.2 Å². The van der Waals surface area contributed by atoms with Crippen molar-refractivity contribution < 1.29 is 4.74 Å². The van der Waals surface area contributed by atoms with Crippen LogP contribution in [0.4, 0.5) is 17.6 Å². The van der Waals surface area contributed by atoms with Gasteiger partial charge in [0.1, 0.15) is 5.82 Å². The first kappa shape index (κ1) is 18.9. The number of ether oxygens (including phenoxy) is 1. The van der Waals surface area contributed by atoms with Gasteiger partial charge in [0.25, 0.3) is 0 Å². The van der Waals surface area contributed by atoms with Crippen LogP contribution in [0.2, 0.25) is 0 Å². The van der Waals surface area contributed by atoms with Crippen molar-refractivity contribution in [2.45, 2.75) is 38.6 Å². The highest BCUT2D eigenvalue weighted by atomic mass is 16.5. The molecule has 4 heterocycles. The maximum absolute atomic E-state index is 5.42. The van der Waals surface area contributed by atoms with Crippen molar-refractivity contribution in [2.75, 3.05) is 54.5 Å². The van der Waals surface area contributed by atoms with Crippen LogP contribution in [0.15, 0.2) is 24.4 Å². The largest absolute Gasteiger partial charge is 0.378 e. The maximum atomic E-state index is 5.42. The number of anilines is 3. The van der Waals surface area contributed by atoms with E-state index in [0.29, 0.717) is 12.0 Å². The first-order chi connectivity index (χ1) is 13.5. The van der Waals surface area contributed by atoms with Crippen LogP contribution in [-0.4, -0.2) is 65.6 Å². The monoisotopic (exact) mass is 383 g/mol. The molecule has 2 aliphatic rings. The molecule has 2 aliphatic heterocycles. The number of morpholine rings is 1. The van der Waals surface area contributed by atoms with Gasteiger partial charge in [0.15, 0.2) is 5.82 Å². The molecular weight excluding hydrogens is 354 g/mol. The Morgan fingerprint density at radius 2 is 1.82 bits per heavy atom. The van der Waals surface area contributed by atoms with E-state index in [1.807, 2.05) is 12.3 Å². The lowest BCUT2D eigenvalue weighted by Crippen LogP contribution is -2.37. The number of hydrogen-bond acceptors (Lipinski definition) is 8. The molecular formula is C20H29N7O. The van der Waals surface area contributed by atoms with E-state index in [-0.39, 0.29) is 5.41 Å². The molecule has 0 aliphatic carbocycles. The molecule has 28 heavy (non-hydrogen) atoms. The van der Waals surface area contributed by atoms with Crippen LogP contribution in [0.5, 0.6) is 0 Å². The summed E-state index contributed by atoms with van der Waals surface area (Å²) in [5.41, 5.74) is 1.03. The van der Waals surface area contributed by atoms with Gasteiger partial charge in [-0.1, -0.05) is 20.8 Å². The summed E-state index contributed by atoms with van der Waals surface area (Å²) in [5, 5.41) is 12.3. The van der Waals surface area contributed by atoms with Crippen molar-refractivity contribution in [2.24, 2.45) is 0 Å². The van der Waals surface area contributed by atoms with Crippen LogP contribution >= 0.6 is 0 Å². The van der Waals surface area contributed by atoms with Gasteiger partial charge in [-0.25, -0.2) is 4.98 Å². The molecule has 2 aromatic rings. The molecule has 1 N–H and O–H groups in total. The van der Waals surface area contributed by atoms with E-state index in [0.717, 1.165) is 63.1 Å². The molecule has 8 nitrogen and oxygen atoms in total. The minimum absolute atomic E-state index is 0.0173. The molecule has 2 saturated heterocycles. The normalized spacial score (nSPS) is 20.5. The van der Waals surface area contributed by atoms with Crippen LogP contribution < -0.4 is 15.1 Å². The summed E-state index contributed by atoms with van der Waals surface area (Å²) in [6.07, 6.45) is 2.84. The standard InChI is InChI=1S/C20H29N7O/c1-20(2,3)16-4-5-18(25-24-16)27-9-7-15(14-27)22-19-21-8-6-17(23-19)26-10-12-28-13-11-26/h4-6,8,15H,7,9-14H2,1-3H3,(H,21,22,23). The van der Waals surface area contributed by atoms with Gasteiger partial charge in [-0.2, -0.15) is 10.1 Å². The Hall–Kier alpha value is -2.48. The third kappa shape index (κ3) is 4.32. The van der Waals surface area contributed by atoms with Crippen LogP contribution in [-0.2, 0) is 10.2 Å². The Kier molecular flexibility index (Phi) is 5.30. The van der Waals surface area contributed by atoms with Gasteiger partial charge in [0, 0.05) is 43.8 Å². The van der Waals surface area contributed by atoms with Crippen LogP contribution in [0.1, 0.15) is 32.9 Å². The average Bonchev–Trinajstić information content (AvgIpc) is 3.17. The van der Waals surface area contributed by atoms with Gasteiger partial charge in [-0.05, 0) is 24.6 Å². The summed E-state index contributed by atoms with van der Waals surface area (Å²) in [6.45, 7) is 11.5. The Balaban J connectivity index is 1.37. The minimum atomic E-state index is 0.0173. The van der Waals surface area contributed by atoms with E-state index < -0.39 is 0 Å². The minimum Gasteiger partial charge on any atom is -0.378 e. The zero-order valence-corrected chi connectivity index (χ0v) is 16.9. The van der Waals surface area contributed by atoms with Crippen molar-refractivity contribution in [3.8, 4) is 0 Å². The lowest BCUT2D eigenvalue weighted by atomic mass is 9.92. The molecule has 0 bridgehead atoms. The van der Waals surface area contributed by atoms with Crippen molar-refractivity contribution in [3.63, 3.8) is 0 Å². The second-order valence-electron chi connectivity index (χ2n) is 8.44. The summed E-state index contributed by atoms with van der Waals surface area (Å²) in [4.78, 5) is 13.6. The summed E-state index contributed by atoms with van der Waals surface area (Å²) >= 11 is 0. The van der Waals surface area contributed by atoms with Crippen LogP contribution in [0.3, 0.4) is 0 Å². The fourth-order valence-electron chi connectivity index (χ4n) is 3.55. The average molecular weight is 384 g/mol. The molecule has 2 fully saturated rings. The zero-order chi connectivity index (χ0) is 19.6. The lowest BCUT2D eigenvalue weighted by molar-refractivity contribution is 0.122. The van der Waals surface area contributed by atoms with Gasteiger partial charge in [0.2, 0.25) is 5.95 Å². The fraction of sp³-hybridized carbons (Fsp3) is 0.600. The smallest absolute Gasteiger partial charge is 0.224 e. The van der Waals surface area contributed by atoms with E-state index in [9.17, 15) is 0 Å². The maximum Gasteiger partial charge on any atom is 0.224 e. The molecule has 2 aromatic heterocycles. The Labute approximate surface area is 166 Å². The quantitative estimate of drug-likeness (QED) is 0.860. The van der Waals surface area contributed by atoms with Crippen molar-refractivity contribution in [1.29, 1.82) is 0 Å². The first-order valence-corrected chi connectivity index (χ1v) is 10.0. The predicted octanol–water partition coefficient (Wildman–Crippen LogP) is 2.09. The van der Waals surface area contributed by atoms with E-state index >= 15 is 0 Å². The highest BCUT2D eigenvalue weighted by Gasteiger charge is 2.25. The van der Waals surface area contributed by atoms with Gasteiger partial charge < -0.3 is 19.9 Å². The topological polar surface area (TPSA) is 79.3 Å². The highest BCUT2D eigenvalue weighted by molar-refractivity contribution is 5.45. The predicted molar refractivity (Wildman–Crippen MR) is 110 cm³/mol. The molecule has 0 aromatic carbocycles. The number of nitrogens with one attached hydrogen (secondary N) is 1. The van der Waals surface area contributed by atoms with E-state index in [1.165, 1.54) is 0 Å². The fourth-order valence-corrected chi connectivity index (χ4v) is 3.55. The summed E-state index contributed by atoms with van der Waals surface area (Å²) < 4.78 is 5.42. The number of aromatic nitrogens is 4. The van der Waals surface area contributed by atoms with Gasteiger partial charge >= 0.3 is 0 Å². The molecule has 150 valence electrons. The van der Waals surface area contributed by atoms with Gasteiger partial charge in [-0.15, -0.1) is 5.10 Å². The van der Waals surface area contributed by atoms with Crippen molar-refractivity contribution in [3.05, 3.63) is 30.1 Å².